The number of carbonyl (C=O) groups excluding carboxylic acids is 1. The number of benzene rings is 2. The van der Waals surface area contributed by atoms with E-state index in [1.54, 1.807) is 44.8 Å². The first-order valence-corrected chi connectivity index (χ1v) is 11.9. The summed E-state index contributed by atoms with van der Waals surface area (Å²) in [7, 11) is 3.14. The van der Waals surface area contributed by atoms with Crippen molar-refractivity contribution in [3.8, 4) is 28.6 Å². The van der Waals surface area contributed by atoms with Crippen LogP contribution in [0.2, 0.25) is 0 Å². The van der Waals surface area contributed by atoms with Gasteiger partial charge in [-0.25, -0.2) is 0 Å². The summed E-state index contributed by atoms with van der Waals surface area (Å²) in [6, 6.07) is 15.2. The number of amides is 1. The van der Waals surface area contributed by atoms with Gasteiger partial charge in [-0.15, -0.1) is 10.2 Å². The Morgan fingerprint density at radius 1 is 0.943 bits per heavy atom. The van der Waals surface area contributed by atoms with E-state index in [1.807, 2.05) is 29.7 Å². The van der Waals surface area contributed by atoms with Crippen LogP contribution in [0.3, 0.4) is 0 Å². The minimum absolute atomic E-state index is 0.176. The van der Waals surface area contributed by atoms with Gasteiger partial charge in [0.05, 0.1) is 25.2 Å². The van der Waals surface area contributed by atoms with Crippen molar-refractivity contribution < 1.29 is 14.3 Å². The predicted octanol–water partition coefficient (Wildman–Crippen LogP) is 5.08. The van der Waals surface area contributed by atoms with Crippen LogP contribution in [0.5, 0.6) is 11.5 Å². The summed E-state index contributed by atoms with van der Waals surface area (Å²) in [6.07, 6.45) is 3.44. The molecular formula is C26H27N5O3S. The van der Waals surface area contributed by atoms with Crippen LogP contribution < -0.4 is 14.8 Å². The fourth-order valence-electron chi connectivity index (χ4n) is 3.47. The van der Waals surface area contributed by atoms with Crippen LogP contribution in [0.25, 0.3) is 17.1 Å². The number of nitrogens with zero attached hydrogens (tertiary/aromatic N) is 4. The number of hydrogen-bond acceptors (Lipinski definition) is 7. The summed E-state index contributed by atoms with van der Waals surface area (Å²) >= 11 is 1.34. The number of anilines is 1. The summed E-state index contributed by atoms with van der Waals surface area (Å²) in [5, 5.41) is 12.0. The smallest absolute Gasteiger partial charge is 0.237 e. The van der Waals surface area contributed by atoms with Gasteiger partial charge in [0.2, 0.25) is 5.91 Å². The third-order valence-corrected chi connectivity index (χ3v) is 6.63. The Balaban J connectivity index is 1.64. The summed E-state index contributed by atoms with van der Waals surface area (Å²) in [5.41, 5.74) is 4.76. The molecule has 1 N–H and O–H groups in total. The van der Waals surface area contributed by atoms with Gasteiger partial charge in [-0.3, -0.25) is 14.3 Å². The number of nitrogens with one attached hydrogen (secondary N) is 1. The third kappa shape index (κ3) is 5.46. The maximum absolute atomic E-state index is 13.1. The van der Waals surface area contributed by atoms with Crippen molar-refractivity contribution in [1.29, 1.82) is 0 Å². The van der Waals surface area contributed by atoms with Crippen molar-refractivity contribution in [1.82, 2.24) is 19.7 Å². The van der Waals surface area contributed by atoms with E-state index in [1.165, 1.54) is 17.3 Å². The van der Waals surface area contributed by atoms with Gasteiger partial charge >= 0.3 is 0 Å². The normalized spacial score (nSPS) is 11.7. The molecule has 180 valence electrons. The summed E-state index contributed by atoms with van der Waals surface area (Å²) in [5.74, 6) is 1.70. The minimum atomic E-state index is -0.452. The molecule has 8 nitrogen and oxygen atoms in total. The Bertz CT molecular complexity index is 1320. The highest BCUT2D eigenvalue weighted by atomic mass is 32.2. The molecule has 0 aliphatic heterocycles. The van der Waals surface area contributed by atoms with Crippen LogP contribution in [0.1, 0.15) is 18.1 Å². The second-order valence-corrected chi connectivity index (χ2v) is 9.30. The molecule has 0 aliphatic rings. The monoisotopic (exact) mass is 489 g/mol. The van der Waals surface area contributed by atoms with Crippen molar-refractivity contribution >= 4 is 23.4 Å². The molecule has 2 aromatic carbocycles. The fourth-order valence-corrected chi connectivity index (χ4v) is 4.33. The highest BCUT2D eigenvalue weighted by Crippen LogP contribution is 2.32. The maximum Gasteiger partial charge on any atom is 0.237 e. The van der Waals surface area contributed by atoms with E-state index in [0.717, 1.165) is 16.8 Å². The molecular weight excluding hydrogens is 462 g/mol. The molecule has 2 heterocycles. The Labute approximate surface area is 208 Å². The van der Waals surface area contributed by atoms with Gasteiger partial charge in [0.1, 0.15) is 11.5 Å². The lowest BCUT2D eigenvalue weighted by atomic mass is 10.1. The lowest BCUT2D eigenvalue weighted by Crippen LogP contribution is -2.23. The molecule has 1 unspecified atom stereocenters. The zero-order valence-corrected chi connectivity index (χ0v) is 21.1. The number of aryl methyl sites for hydroxylation is 2. The Morgan fingerprint density at radius 2 is 1.63 bits per heavy atom. The van der Waals surface area contributed by atoms with Crippen LogP contribution in [0, 0.1) is 13.8 Å². The van der Waals surface area contributed by atoms with E-state index in [-0.39, 0.29) is 5.91 Å². The molecule has 0 fully saturated rings. The van der Waals surface area contributed by atoms with Gasteiger partial charge in [0.25, 0.3) is 0 Å². The second-order valence-electron chi connectivity index (χ2n) is 8.00. The molecule has 0 radical (unpaired) electrons. The van der Waals surface area contributed by atoms with Crippen molar-refractivity contribution in [3.05, 3.63) is 72.1 Å². The number of rotatable bonds is 8. The second kappa shape index (κ2) is 10.6. The average molecular weight is 490 g/mol. The number of ether oxygens (including phenoxy) is 2. The van der Waals surface area contributed by atoms with Crippen molar-refractivity contribution in [3.63, 3.8) is 0 Å². The lowest BCUT2D eigenvalue weighted by molar-refractivity contribution is -0.115. The number of thioether (sulfide) groups is 1. The highest BCUT2D eigenvalue weighted by molar-refractivity contribution is 8.00. The Morgan fingerprint density at radius 3 is 2.26 bits per heavy atom. The van der Waals surface area contributed by atoms with Gasteiger partial charge < -0.3 is 14.8 Å². The van der Waals surface area contributed by atoms with E-state index in [4.69, 9.17) is 9.47 Å². The number of aromatic nitrogens is 4. The third-order valence-electron chi connectivity index (χ3n) is 5.59. The largest absolute Gasteiger partial charge is 0.497 e. The first kappa shape index (κ1) is 24.3. The highest BCUT2D eigenvalue weighted by Gasteiger charge is 2.22. The quantitative estimate of drug-likeness (QED) is 0.345. The summed E-state index contributed by atoms with van der Waals surface area (Å²) in [4.78, 5) is 17.2. The first-order valence-electron chi connectivity index (χ1n) is 11.0. The average Bonchev–Trinajstić information content (AvgIpc) is 3.29. The van der Waals surface area contributed by atoms with E-state index >= 15 is 0 Å². The van der Waals surface area contributed by atoms with Gasteiger partial charge in [-0.1, -0.05) is 17.8 Å². The van der Waals surface area contributed by atoms with Crippen LogP contribution in [0.4, 0.5) is 5.69 Å². The van der Waals surface area contributed by atoms with Crippen LogP contribution in [-0.2, 0) is 4.79 Å². The van der Waals surface area contributed by atoms with Crippen molar-refractivity contribution in [2.24, 2.45) is 0 Å². The maximum atomic E-state index is 13.1. The van der Waals surface area contributed by atoms with Crippen LogP contribution in [0.15, 0.2) is 66.1 Å². The molecule has 1 atom stereocenters. The molecule has 0 aliphatic carbocycles. The van der Waals surface area contributed by atoms with E-state index in [2.05, 4.69) is 46.5 Å². The first-order chi connectivity index (χ1) is 16.9. The van der Waals surface area contributed by atoms with Crippen LogP contribution >= 0.6 is 11.8 Å². The summed E-state index contributed by atoms with van der Waals surface area (Å²) in [6.45, 7) is 5.98. The molecule has 1 amide bonds. The molecule has 9 heteroatoms. The van der Waals surface area contributed by atoms with Crippen molar-refractivity contribution in [2.45, 2.75) is 31.2 Å². The van der Waals surface area contributed by atoms with E-state index < -0.39 is 5.25 Å². The number of pyridine rings is 1. The molecule has 0 saturated carbocycles. The summed E-state index contributed by atoms with van der Waals surface area (Å²) < 4.78 is 12.6. The fraction of sp³-hybridized carbons (Fsp3) is 0.231. The Hall–Kier alpha value is -3.85. The molecule has 0 saturated heterocycles. The van der Waals surface area contributed by atoms with Crippen molar-refractivity contribution in [2.75, 3.05) is 19.5 Å². The van der Waals surface area contributed by atoms with Crippen LogP contribution in [-0.4, -0.2) is 45.1 Å². The van der Waals surface area contributed by atoms with Gasteiger partial charge in [-0.05, 0) is 56.2 Å². The SMILES string of the molecule is COc1cc(NC(=O)C(C)Sc2nnc(-c3ccncc3)n2-c2ccc(C)c(C)c2)cc(OC)c1. The zero-order valence-electron chi connectivity index (χ0n) is 20.3. The molecule has 0 bridgehead atoms. The van der Waals surface area contributed by atoms with E-state index in [0.29, 0.717) is 28.2 Å². The molecule has 0 spiro atoms. The van der Waals surface area contributed by atoms with Gasteiger partial charge in [0.15, 0.2) is 11.0 Å². The molecule has 2 aromatic heterocycles. The molecule has 4 aromatic rings. The lowest BCUT2D eigenvalue weighted by Gasteiger charge is -2.15. The number of carbonyl (C=O) groups is 1. The molecule has 35 heavy (non-hydrogen) atoms. The topological polar surface area (TPSA) is 91.2 Å². The number of methoxy groups -OCH3 is 2. The van der Waals surface area contributed by atoms with E-state index in [9.17, 15) is 4.79 Å². The Kier molecular flexibility index (Phi) is 7.36. The standard InChI is InChI=1S/C26H27N5O3S/c1-16-6-7-21(12-17(16)2)31-24(19-8-10-27-11-9-19)29-30-26(31)35-18(3)25(32)28-20-13-22(33-4)15-23(14-20)34-5/h6-15,18H,1-5H3,(H,28,32). The molecule has 4 rings (SSSR count). The minimum Gasteiger partial charge on any atom is -0.497 e. The zero-order chi connectivity index (χ0) is 24.9. The van der Waals surface area contributed by atoms with Gasteiger partial charge in [-0.2, -0.15) is 0 Å². The van der Waals surface area contributed by atoms with Gasteiger partial charge in [0, 0.05) is 41.8 Å². The number of hydrogen-bond donors (Lipinski definition) is 1. The predicted molar refractivity (Wildman–Crippen MR) is 138 cm³/mol.